The van der Waals surface area contributed by atoms with Crippen LogP contribution in [0.2, 0.25) is 0 Å². The maximum absolute atomic E-state index is 12.9. The first kappa shape index (κ1) is 21.3. The Hall–Kier alpha value is -2.37. The molecule has 3 atom stereocenters. The van der Waals surface area contributed by atoms with Crippen molar-refractivity contribution in [3.05, 3.63) is 65.7 Å². The van der Waals surface area contributed by atoms with E-state index < -0.39 is 5.54 Å². The number of carbonyl (C=O) groups is 1. The first-order valence-corrected chi connectivity index (χ1v) is 10.5. The fraction of sp³-hybridized carbons (Fsp3) is 0.458. The molecule has 0 radical (unpaired) electrons. The number of benzene rings is 2. The van der Waals surface area contributed by atoms with Crippen molar-refractivity contribution in [2.24, 2.45) is 0 Å². The van der Waals surface area contributed by atoms with E-state index in [1.807, 2.05) is 36.4 Å². The van der Waals surface area contributed by atoms with Crippen LogP contribution in [0.15, 0.2) is 54.6 Å². The molecule has 5 heteroatoms. The van der Waals surface area contributed by atoms with Gasteiger partial charge in [0.05, 0.1) is 17.7 Å². The molecule has 2 aromatic carbocycles. The third-order valence-electron chi connectivity index (χ3n) is 5.66. The predicted molar refractivity (Wildman–Crippen MR) is 118 cm³/mol. The number of para-hydroxylation sites is 1. The first-order valence-electron chi connectivity index (χ1n) is 10.5. The van der Waals surface area contributed by atoms with E-state index in [4.69, 9.17) is 4.74 Å². The van der Waals surface area contributed by atoms with E-state index in [0.29, 0.717) is 0 Å². The van der Waals surface area contributed by atoms with E-state index in [2.05, 4.69) is 61.4 Å². The highest BCUT2D eigenvalue weighted by atomic mass is 16.5. The number of anilines is 1. The van der Waals surface area contributed by atoms with Crippen LogP contribution in [-0.2, 0) is 16.8 Å². The molecular weight excluding hydrogens is 362 g/mol. The molecule has 29 heavy (non-hydrogen) atoms. The molecule has 3 unspecified atom stereocenters. The number of urea groups is 1. The summed E-state index contributed by atoms with van der Waals surface area (Å²) in [6, 6.07) is 17.9. The smallest absolute Gasteiger partial charge is 0.319 e. The Kier molecular flexibility index (Phi) is 6.93. The minimum Gasteiger partial charge on any atom is -0.373 e. The van der Waals surface area contributed by atoms with Gasteiger partial charge in [-0.05, 0) is 44.4 Å². The van der Waals surface area contributed by atoms with Crippen molar-refractivity contribution < 1.29 is 9.53 Å². The molecular formula is C24H33N3O2. The van der Waals surface area contributed by atoms with Gasteiger partial charge in [-0.3, -0.25) is 4.90 Å². The first-order chi connectivity index (χ1) is 13.9. The molecule has 5 nitrogen and oxygen atoms in total. The standard InChI is InChI=1S/C24H33N3O2/c1-5-24(4,21-12-7-6-8-13-21)26-23(28)25-22-14-10-9-11-20(22)17-27-15-18(2)29-19(3)16-27/h6-14,18-19H,5,15-17H2,1-4H3,(H2,25,26,28). The molecule has 156 valence electrons. The number of nitrogens with zero attached hydrogens (tertiary/aromatic N) is 1. The molecule has 3 rings (SSSR count). The lowest BCUT2D eigenvalue weighted by Crippen LogP contribution is -2.46. The van der Waals surface area contributed by atoms with Crippen molar-refractivity contribution >= 4 is 11.7 Å². The average molecular weight is 396 g/mol. The summed E-state index contributed by atoms with van der Waals surface area (Å²) in [7, 11) is 0. The largest absolute Gasteiger partial charge is 0.373 e. The van der Waals surface area contributed by atoms with Crippen molar-refractivity contribution in [3.8, 4) is 0 Å². The Labute approximate surface area is 174 Å². The lowest BCUT2D eigenvalue weighted by atomic mass is 9.89. The summed E-state index contributed by atoms with van der Waals surface area (Å²) in [5, 5.41) is 6.24. The van der Waals surface area contributed by atoms with Gasteiger partial charge in [-0.2, -0.15) is 0 Å². The highest BCUT2D eigenvalue weighted by Gasteiger charge is 2.27. The van der Waals surface area contributed by atoms with Gasteiger partial charge in [0.2, 0.25) is 0 Å². The maximum atomic E-state index is 12.9. The normalized spacial score (nSPS) is 21.9. The van der Waals surface area contributed by atoms with Crippen molar-refractivity contribution in [2.45, 2.75) is 58.4 Å². The molecule has 1 aliphatic heterocycles. The van der Waals surface area contributed by atoms with Gasteiger partial charge in [-0.1, -0.05) is 55.5 Å². The van der Waals surface area contributed by atoms with Gasteiger partial charge in [0.1, 0.15) is 0 Å². The van der Waals surface area contributed by atoms with Gasteiger partial charge in [0.25, 0.3) is 0 Å². The molecule has 1 saturated heterocycles. The van der Waals surface area contributed by atoms with E-state index >= 15 is 0 Å². The fourth-order valence-electron chi connectivity index (χ4n) is 4.01. The molecule has 2 amide bonds. The van der Waals surface area contributed by atoms with Crippen LogP contribution < -0.4 is 10.6 Å². The highest BCUT2D eigenvalue weighted by Crippen LogP contribution is 2.25. The van der Waals surface area contributed by atoms with Crippen LogP contribution >= 0.6 is 0 Å². The third kappa shape index (κ3) is 5.58. The lowest BCUT2D eigenvalue weighted by molar-refractivity contribution is -0.0704. The summed E-state index contributed by atoms with van der Waals surface area (Å²) in [5.41, 5.74) is 2.64. The second-order valence-corrected chi connectivity index (χ2v) is 8.24. The number of rotatable bonds is 6. The number of ether oxygens (including phenoxy) is 1. The molecule has 0 bridgehead atoms. The third-order valence-corrected chi connectivity index (χ3v) is 5.66. The summed E-state index contributed by atoms with van der Waals surface area (Å²) in [5.74, 6) is 0. The van der Waals surface area contributed by atoms with Crippen LogP contribution in [0.3, 0.4) is 0 Å². The summed E-state index contributed by atoms with van der Waals surface area (Å²) in [4.78, 5) is 15.2. The van der Waals surface area contributed by atoms with Gasteiger partial charge >= 0.3 is 6.03 Å². The van der Waals surface area contributed by atoms with Gasteiger partial charge in [0, 0.05) is 25.3 Å². The van der Waals surface area contributed by atoms with Crippen LogP contribution in [0.1, 0.15) is 45.2 Å². The van der Waals surface area contributed by atoms with Crippen LogP contribution in [-0.4, -0.2) is 36.2 Å². The second-order valence-electron chi connectivity index (χ2n) is 8.24. The Morgan fingerprint density at radius 2 is 1.69 bits per heavy atom. The Morgan fingerprint density at radius 3 is 2.34 bits per heavy atom. The number of carbonyl (C=O) groups excluding carboxylic acids is 1. The fourth-order valence-corrected chi connectivity index (χ4v) is 4.01. The van der Waals surface area contributed by atoms with Crippen LogP contribution in [0.4, 0.5) is 10.5 Å². The Morgan fingerprint density at radius 1 is 1.07 bits per heavy atom. The van der Waals surface area contributed by atoms with Crippen LogP contribution in [0.5, 0.6) is 0 Å². The number of amides is 2. The molecule has 0 saturated carbocycles. The zero-order valence-corrected chi connectivity index (χ0v) is 17.9. The van der Waals surface area contributed by atoms with Crippen LogP contribution in [0.25, 0.3) is 0 Å². The highest BCUT2D eigenvalue weighted by molar-refractivity contribution is 5.90. The van der Waals surface area contributed by atoms with E-state index in [9.17, 15) is 4.79 Å². The SMILES string of the molecule is CCC(C)(NC(=O)Nc1ccccc1CN1CC(C)OC(C)C1)c1ccccc1. The zero-order valence-electron chi connectivity index (χ0n) is 17.9. The van der Waals surface area contributed by atoms with Crippen molar-refractivity contribution in [1.82, 2.24) is 10.2 Å². The Bertz CT molecular complexity index is 801. The monoisotopic (exact) mass is 395 g/mol. The van der Waals surface area contributed by atoms with E-state index in [1.54, 1.807) is 0 Å². The van der Waals surface area contributed by atoms with Crippen molar-refractivity contribution in [1.29, 1.82) is 0 Å². The van der Waals surface area contributed by atoms with E-state index in [0.717, 1.165) is 42.9 Å². The Balaban J connectivity index is 1.69. The summed E-state index contributed by atoms with van der Waals surface area (Å²) in [6.45, 7) is 10.9. The topological polar surface area (TPSA) is 53.6 Å². The molecule has 0 aromatic heterocycles. The number of hydrogen-bond acceptors (Lipinski definition) is 3. The van der Waals surface area contributed by atoms with Crippen molar-refractivity contribution in [2.75, 3.05) is 18.4 Å². The quantitative estimate of drug-likeness (QED) is 0.743. The predicted octanol–water partition coefficient (Wildman–Crippen LogP) is 4.74. The molecule has 0 aliphatic carbocycles. The van der Waals surface area contributed by atoms with Crippen molar-refractivity contribution in [3.63, 3.8) is 0 Å². The summed E-state index contributed by atoms with van der Waals surface area (Å²) < 4.78 is 5.84. The molecule has 2 N–H and O–H groups in total. The molecule has 1 aliphatic rings. The summed E-state index contributed by atoms with van der Waals surface area (Å²) >= 11 is 0. The molecule has 2 aromatic rings. The summed E-state index contributed by atoms with van der Waals surface area (Å²) in [6.07, 6.45) is 1.24. The van der Waals surface area contributed by atoms with Gasteiger partial charge in [0.15, 0.2) is 0 Å². The number of hydrogen-bond donors (Lipinski definition) is 2. The molecule has 1 heterocycles. The van der Waals surface area contributed by atoms with E-state index in [-0.39, 0.29) is 18.2 Å². The number of nitrogens with one attached hydrogen (secondary N) is 2. The minimum atomic E-state index is -0.421. The molecule has 0 spiro atoms. The zero-order chi connectivity index (χ0) is 20.9. The van der Waals surface area contributed by atoms with E-state index in [1.165, 1.54) is 0 Å². The van der Waals surface area contributed by atoms with Gasteiger partial charge < -0.3 is 15.4 Å². The second kappa shape index (κ2) is 9.42. The number of morpholine rings is 1. The van der Waals surface area contributed by atoms with Gasteiger partial charge in [-0.15, -0.1) is 0 Å². The molecule has 1 fully saturated rings. The minimum absolute atomic E-state index is 0.186. The maximum Gasteiger partial charge on any atom is 0.319 e. The average Bonchev–Trinajstić information content (AvgIpc) is 2.69. The lowest BCUT2D eigenvalue weighted by Gasteiger charge is -2.35. The van der Waals surface area contributed by atoms with Gasteiger partial charge in [-0.25, -0.2) is 4.79 Å². The van der Waals surface area contributed by atoms with Crippen LogP contribution in [0, 0.1) is 0 Å².